The summed E-state index contributed by atoms with van der Waals surface area (Å²) in [6.45, 7) is 2.13. The summed E-state index contributed by atoms with van der Waals surface area (Å²) in [5, 5.41) is 3.33. The van der Waals surface area contributed by atoms with Crippen molar-refractivity contribution in [1.29, 1.82) is 0 Å². The Balaban J connectivity index is 0.00000112. The fraction of sp³-hybridized carbons (Fsp3) is 0.545. The molecule has 0 radical (unpaired) electrons. The van der Waals surface area contributed by atoms with Crippen LogP contribution in [0.25, 0.3) is 0 Å². The highest BCUT2D eigenvalue weighted by atomic mass is 35.5. The summed E-state index contributed by atoms with van der Waals surface area (Å²) >= 11 is 0. The van der Waals surface area contributed by atoms with Gasteiger partial charge >= 0.3 is 0 Å². The number of pyridine rings is 1. The lowest BCUT2D eigenvalue weighted by molar-refractivity contribution is 0.442. The molecule has 1 aliphatic rings. The first-order valence-corrected chi connectivity index (χ1v) is 5.15. The molecule has 0 aliphatic carbocycles. The van der Waals surface area contributed by atoms with Crippen LogP contribution in [0.3, 0.4) is 0 Å². The predicted octanol–water partition coefficient (Wildman–Crippen LogP) is 1.27. The fourth-order valence-electron chi connectivity index (χ4n) is 2.11. The lowest BCUT2D eigenvalue weighted by atomic mass is 9.94. The maximum Gasteiger partial charge on any atom is 0.250 e. The van der Waals surface area contributed by atoms with Crippen molar-refractivity contribution in [2.75, 3.05) is 13.1 Å². The number of aromatic nitrogens is 1. The van der Waals surface area contributed by atoms with Crippen molar-refractivity contribution in [3.63, 3.8) is 0 Å². The smallest absolute Gasteiger partial charge is 0.250 e. The van der Waals surface area contributed by atoms with E-state index in [1.54, 1.807) is 10.6 Å². The van der Waals surface area contributed by atoms with Gasteiger partial charge in [-0.2, -0.15) is 0 Å². The van der Waals surface area contributed by atoms with Crippen molar-refractivity contribution in [1.82, 2.24) is 9.88 Å². The summed E-state index contributed by atoms with van der Waals surface area (Å²) in [5.41, 5.74) is 1.28. The molecule has 2 rings (SSSR count). The van der Waals surface area contributed by atoms with Gasteiger partial charge in [0.05, 0.1) is 0 Å². The van der Waals surface area contributed by atoms with Crippen molar-refractivity contribution in [3.05, 3.63) is 34.2 Å². The molecule has 1 aromatic rings. The van der Waals surface area contributed by atoms with E-state index in [1.165, 1.54) is 5.69 Å². The van der Waals surface area contributed by atoms with Crippen LogP contribution >= 0.6 is 12.4 Å². The third-order valence-corrected chi connectivity index (χ3v) is 2.98. The molecular formula is C11H17ClN2O. The van der Waals surface area contributed by atoms with Gasteiger partial charge in [-0.05, 0) is 32.0 Å². The molecule has 2 heterocycles. The van der Waals surface area contributed by atoms with Gasteiger partial charge in [-0.1, -0.05) is 6.07 Å². The zero-order chi connectivity index (χ0) is 9.97. The lowest BCUT2D eigenvalue weighted by Gasteiger charge is -2.24. The van der Waals surface area contributed by atoms with Gasteiger partial charge < -0.3 is 9.88 Å². The molecular weight excluding hydrogens is 212 g/mol. The molecule has 0 bridgehead atoms. The van der Waals surface area contributed by atoms with E-state index < -0.39 is 0 Å². The maximum atomic E-state index is 11.4. The summed E-state index contributed by atoms with van der Waals surface area (Å²) < 4.78 is 1.77. The zero-order valence-electron chi connectivity index (χ0n) is 8.90. The van der Waals surface area contributed by atoms with E-state index >= 15 is 0 Å². The lowest BCUT2D eigenvalue weighted by Crippen LogP contribution is -2.30. The van der Waals surface area contributed by atoms with Crippen LogP contribution in [0.4, 0.5) is 0 Å². The number of halogens is 1. The molecule has 1 fully saturated rings. The van der Waals surface area contributed by atoms with E-state index in [2.05, 4.69) is 11.4 Å². The van der Waals surface area contributed by atoms with Crippen LogP contribution in [0.1, 0.15) is 24.5 Å². The molecule has 0 amide bonds. The molecule has 0 unspecified atom stereocenters. The third-order valence-electron chi connectivity index (χ3n) is 2.98. The number of piperidine rings is 1. The second kappa shape index (κ2) is 5.33. The fourth-order valence-corrected chi connectivity index (χ4v) is 2.11. The molecule has 0 spiro atoms. The minimum atomic E-state index is 0. The molecule has 1 N–H and O–H groups in total. The van der Waals surface area contributed by atoms with Gasteiger partial charge in [0.2, 0.25) is 5.56 Å². The van der Waals surface area contributed by atoms with E-state index in [4.69, 9.17) is 0 Å². The SMILES string of the molecule is Cl.Cn1c(C2CCNCC2)cccc1=O. The highest BCUT2D eigenvalue weighted by Crippen LogP contribution is 2.23. The number of hydrogen-bond donors (Lipinski definition) is 1. The molecule has 1 aromatic heterocycles. The average molecular weight is 229 g/mol. The van der Waals surface area contributed by atoms with Crippen molar-refractivity contribution in [3.8, 4) is 0 Å². The molecule has 1 aliphatic heterocycles. The van der Waals surface area contributed by atoms with Crippen LogP contribution in [-0.4, -0.2) is 17.7 Å². The number of rotatable bonds is 1. The Morgan fingerprint density at radius 2 is 2.00 bits per heavy atom. The van der Waals surface area contributed by atoms with Crippen LogP contribution in [0.15, 0.2) is 23.0 Å². The van der Waals surface area contributed by atoms with Gasteiger partial charge in [-0.15, -0.1) is 12.4 Å². The van der Waals surface area contributed by atoms with Gasteiger partial charge in [0.25, 0.3) is 0 Å². The van der Waals surface area contributed by atoms with Gasteiger partial charge in [0, 0.05) is 24.7 Å². The van der Waals surface area contributed by atoms with Gasteiger partial charge in [0.1, 0.15) is 0 Å². The second-order valence-electron chi connectivity index (χ2n) is 3.87. The Morgan fingerprint density at radius 3 is 2.67 bits per heavy atom. The second-order valence-corrected chi connectivity index (χ2v) is 3.87. The highest BCUT2D eigenvalue weighted by Gasteiger charge is 2.16. The maximum absolute atomic E-state index is 11.4. The summed E-state index contributed by atoms with van der Waals surface area (Å²) in [6.07, 6.45) is 2.27. The van der Waals surface area contributed by atoms with E-state index in [-0.39, 0.29) is 18.0 Å². The van der Waals surface area contributed by atoms with E-state index in [0.717, 1.165) is 25.9 Å². The van der Waals surface area contributed by atoms with Crippen molar-refractivity contribution in [2.45, 2.75) is 18.8 Å². The largest absolute Gasteiger partial charge is 0.317 e. The third kappa shape index (κ3) is 2.61. The number of hydrogen-bond acceptors (Lipinski definition) is 2. The normalized spacial score (nSPS) is 17.1. The standard InChI is InChI=1S/C11H16N2O.ClH/c1-13-10(3-2-4-11(13)14)9-5-7-12-8-6-9;/h2-4,9,12H,5-8H2,1H3;1H. The first-order chi connectivity index (χ1) is 6.79. The van der Waals surface area contributed by atoms with Crippen molar-refractivity contribution >= 4 is 12.4 Å². The minimum absolute atomic E-state index is 0. The van der Waals surface area contributed by atoms with Gasteiger partial charge in [0.15, 0.2) is 0 Å². The van der Waals surface area contributed by atoms with Crippen LogP contribution in [0.2, 0.25) is 0 Å². The number of nitrogens with zero attached hydrogens (tertiary/aromatic N) is 1. The molecule has 0 aromatic carbocycles. The molecule has 15 heavy (non-hydrogen) atoms. The molecule has 0 atom stereocenters. The molecule has 4 heteroatoms. The molecule has 3 nitrogen and oxygen atoms in total. The monoisotopic (exact) mass is 228 g/mol. The Kier molecular flexibility index (Phi) is 4.36. The Hall–Kier alpha value is -0.800. The van der Waals surface area contributed by atoms with E-state index in [9.17, 15) is 4.79 Å². The highest BCUT2D eigenvalue weighted by molar-refractivity contribution is 5.85. The van der Waals surface area contributed by atoms with Crippen LogP contribution in [0.5, 0.6) is 0 Å². The molecule has 84 valence electrons. The predicted molar refractivity (Wildman–Crippen MR) is 63.8 cm³/mol. The number of nitrogens with one attached hydrogen (secondary N) is 1. The summed E-state index contributed by atoms with van der Waals surface area (Å²) in [5.74, 6) is 0.551. The Labute approximate surface area is 95.9 Å². The van der Waals surface area contributed by atoms with Crippen LogP contribution in [-0.2, 0) is 7.05 Å². The summed E-state index contributed by atoms with van der Waals surface area (Å²) in [7, 11) is 1.86. The quantitative estimate of drug-likeness (QED) is 0.786. The first-order valence-electron chi connectivity index (χ1n) is 5.15. The topological polar surface area (TPSA) is 34.0 Å². The van der Waals surface area contributed by atoms with E-state index in [0.29, 0.717) is 5.92 Å². The molecule has 1 saturated heterocycles. The Bertz CT molecular complexity index is 369. The summed E-state index contributed by atoms with van der Waals surface area (Å²) in [4.78, 5) is 11.4. The van der Waals surface area contributed by atoms with Crippen molar-refractivity contribution in [2.24, 2.45) is 7.05 Å². The van der Waals surface area contributed by atoms with E-state index in [1.807, 2.05) is 13.1 Å². The van der Waals surface area contributed by atoms with Crippen LogP contribution in [0, 0.1) is 0 Å². The summed E-state index contributed by atoms with van der Waals surface area (Å²) in [6, 6.07) is 5.54. The van der Waals surface area contributed by atoms with Gasteiger partial charge in [-0.25, -0.2) is 0 Å². The molecule has 0 saturated carbocycles. The zero-order valence-corrected chi connectivity index (χ0v) is 9.72. The Morgan fingerprint density at radius 1 is 1.33 bits per heavy atom. The van der Waals surface area contributed by atoms with Crippen molar-refractivity contribution < 1.29 is 0 Å². The van der Waals surface area contributed by atoms with Crippen LogP contribution < -0.4 is 10.9 Å². The minimum Gasteiger partial charge on any atom is -0.317 e. The first kappa shape index (κ1) is 12.3. The average Bonchev–Trinajstić information content (AvgIpc) is 2.23. The van der Waals surface area contributed by atoms with Gasteiger partial charge in [-0.3, -0.25) is 4.79 Å².